The molecule has 4 aromatic heterocycles. The Balaban J connectivity index is 1.25. The summed E-state index contributed by atoms with van der Waals surface area (Å²) in [6, 6.07) is 45.2. The highest BCUT2D eigenvalue weighted by atomic mass is 32.1. The molecular formula is C42H22BNO3S. The van der Waals surface area contributed by atoms with Gasteiger partial charge in [-0.25, -0.2) is 0 Å². The number of furan rings is 3. The lowest BCUT2D eigenvalue weighted by Gasteiger charge is -2.32. The van der Waals surface area contributed by atoms with Crippen molar-refractivity contribution in [3.8, 4) is 22.3 Å². The van der Waals surface area contributed by atoms with Crippen molar-refractivity contribution < 1.29 is 13.3 Å². The van der Waals surface area contributed by atoms with Crippen molar-refractivity contribution in [1.29, 1.82) is 0 Å². The molecule has 0 saturated carbocycles. The second-order valence-electron chi connectivity index (χ2n) is 12.8. The predicted octanol–water partition coefficient (Wildman–Crippen LogP) is 10.2. The van der Waals surface area contributed by atoms with Gasteiger partial charge >= 0.3 is 6.71 Å². The van der Waals surface area contributed by atoms with Crippen LogP contribution >= 0.6 is 11.3 Å². The van der Waals surface area contributed by atoms with Crippen LogP contribution in [0, 0.1) is 0 Å². The number of fused-ring (bicyclic) bond motifs is 13. The quantitative estimate of drug-likeness (QED) is 0.178. The van der Waals surface area contributed by atoms with E-state index in [0.29, 0.717) is 0 Å². The van der Waals surface area contributed by atoms with E-state index in [2.05, 4.69) is 108 Å². The summed E-state index contributed by atoms with van der Waals surface area (Å²) in [5.74, 6) is 0. The molecule has 0 aliphatic carbocycles. The van der Waals surface area contributed by atoms with Gasteiger partial charge < -0.3 is 18.2 Å². The van der Waals surface area contributed by atoms with Gasteiger partial charge in [0, 0.05) is 47.6 Å². The fraction of sp³-hybridized carbons (Fsp3) is 0. The van der Waals surface area contributed by atoms with Crippen LogP contribution in [0.1, 0.15) is 0 Å². The molecule has 0 N–H and O–H groups in total. The van der Waals surface area contributed by atoms with E-state index in [9.17, 15) is 0 Å². The molecule has 0 bridgehead atoms. The van der Waals surface area contributed by atoms with Gasteiger partial charge in [-0.3, -0.25) is 0 Å². The zero-order chi connectivity index (χ0) is 31.1. The van der Waals surface area contributed by atoms with E-state index in [1.165, 1.54) is 42.3 Å². The van der Waals surface area contributed by atoms with Gasteiger partial charge in [0.2, 0.25) is 0 Å². The van der Waals surface area contributed by atoms with Crippen molar-refractivity contribution >= 4 is 105 Å². The number of hydrogen-bond acceptors (Lipinski definition) is 5. The zero-order valence-corrected chi connectivity index (χ0v) is 26.2. The lowest BCUT2D eigenvalue weighted by Crippen LogP contribution is -2.53. The zero-order valence-electron chi connectivity index (χ0n) is 25.4. The summed E-state index contributed by atoms with van der Waals surface area (Å²) in [7, 11) is 0. The maximum absolute atomic E-state index is 6.85. The Bertz CT molecular complexity index is 3000. The van der Waals surface area contributed by atoms with Crippen LogP contribution in [-0.2, 0) is 0 Å². The lowest BCUT2D eigenvalue weighted by molar-refractivity contribution is 0.616. The van der Waals surface area contributed by atoms with Gasteiger partial charge in [-0.15, -0.1) is 11.3 Å². The minimum Gasteiger partial charge on any atom is -0.469 e. The summed E-state index contributed by atoms with van der Waals surface area (Å²) < 4.78 is 22.5. The maximum Gasteiger partial charge on any atom is 0.338 e. The highest BCUT2D eigenvalue weighted by Gasteiger charge is 2.50. The second-order valence-corrected chi connectivity index (χ2v) is 13.8. The van der Waals surface area contributed by atoms with E-state index in [4.69, 9.17) is 13.3 Å². The van der Waals surface area contributed by atoms with Crippen LogP contribution in [0.15, 0.2) is 147 Å². The van der Waals surface area contributed by atoms with Crippen LogP contribution in [0.5, 0.6) is 0 Å². The standard InChI is InChI=1S/C42H22BNO3S/c1-5-16-33-27(11-1)32(22-45-33)44-31-21-23(24-14-9-15-26-25-10-4-8-19-36(25)48-40(24)26)20-30-37-28-12-2-6-17-34(28)46-41(37)43(38(30)31)42-39(44)29-13-3-7-18-35(29)47-42/h1-22H. The third-order valence-corrected chi connectivity index (χ3v) is 11.6. The van der Waals surface area contributed by atoms with Gasteiger partial charge in [-0.2, -0.15) is 0 Å². The first kappa shape index (κ1) is 25.2. The van der Waals surface area contributed by atoms with E-state index in [-0.39, 0.29) is 6.71 Å². The third-order valence-electron chi connectivity index (χ3n) is 10.3. The molecule has 12 rings (SSSR count). The monoisotopic (exact) mass is 631 g/mol. The summed E-state index contributed by atoms with van der Waals surface area (Å²) in [5, 5.41) is 5.82. The SMILES string of the molecule is c1ccc2c(N3c4cc(-c5cccc6c5sc5ccccc56)cc5c4B(c4oc6ccccc6c4-5)c4oc5ccccc5c43)coc2c1. The lowest BCUT2D eigenvalue weighted by atomic mass is 9.41. The molecular weight excluding hydrogens is 609 g/mol. The molecule has 4 nitrogen and oxygen atoms in total. The topological polar surface area (TPSA) is 42.7 Å². The van der Waals surface area contributed by atoms with Crippen LogP contribution in [0.4, 0.5) is 17.1 Å². The largest absolute Gasteiger partial charge is 0.469 e. The third kappa shape index (κ3) is 3.06. The van der Waals surface area contributed by atoms with Gasteiger partial charge in [0.25, 0.3) is 0 Å². The van der Waals surface area contributed by atoms with Crippen LogP contribution in [0.25, 0.3) is 75.3 Å². The highest BCUT2D eigenvalue weighted by molar-refractivity contribution is 7.26. The van der Waals surface area contributed by atoms with Gasteiger partial charge in [0.1, 0.15) is 28.7 Å². The van der Waals surface area contributed by atoms with Crippen molar-refractivity contribution in [2.75, 3.05) is 4.90 Å². The fourth-order valence-electron chi connectivity index (χ4n) is 8.37. The Morgan fingerprint density at radius 2 is 1.23 bits per heavy atom. The van der Waals surface area contributed by atoms with E-state index >= 15 is 0 Å². The number of nitrogens with zero attached hydrogens (tertiary/aromatic N) is 1. The van der Waals surface area contributed by atoms with Gasteiger partial charge in [0.05, 0.1) is 17.0 Å². The molecule has 10 aromatic rings. The predicted molar refractivity (Wildman–Crippen MR) is 199 cm³/mol. The fourth-order valence-corrected chi connectivity index (χ4v) is 9.61. The molecule has 0 atom stereocenters. The normalized spacial score (nSPS) is 13.3. The van der Waals surface area contributed by atoms with E-state index in [0.717, 1.165) is 66.9 Å². The van der Waals surface area contributed by atoms with E-state index in [1.54, 1.807) is 0 Å². The Hall–Kier alpha value is -5.98. The summed E-state index contributed by atoms with van der Waals surface area (Å²) in [4.78, 5) is 2.38. The molecule has 2 aliphatic heterocycles. The first-order valence-corrected chi connectivity index (χ1v) is 17.0. The van der Waals surface area contributed by atoms with Crippen molar-refractivity contribution in [1.82, 2.24) is 0 Å². The van der Waals surface area contributed by atoms with Crippen molar-refractivity contribution in [2.45, 2.75) is 0 Å². The molecule has 0 unspecified atom stereocenters. The first-order valence-electron chi connectivity index (χ1n) is 16.2. The molecule has 0 saturated heterocycles. The molecule has 48 heavy (non-hydrogen) atoms. The van der Waals surface area contributed by atoms with Crippen LogP contribution in [0.2, 0.25) is 0 Å². The molecule has 0 radical (unpaired) electrons. The molecule has 6 heterocycles. The minimum absolute atomic E-state index is 0.177. The molecule has 222 valence electrons. The van der Waals surface area contributed by atoms with E-state index in [1.807, 2.05) is 41.9 Å². The number of anilines is 3. The maximum atomic E-state index is 6.85. The van der Waals surface area contributed by atoms with Crippen LogP contribution in [0.3, 0.4) is 0 Å². The minimum atomic E-state index is -0.177. The number of thiophene rings is 1. The molecule has 0 fully saturated rings. The average Bonchev–Trinajstić information content (AvgIpc) is 3.95. The molecule has 0 spiro atoms. The Labute approximate surface area is 278 Å². The summed E-state index contributed by atoms with van der Waals surface area (Å²) >= 11 is 1.86. The second kappa shape index (κ2) is 8.88. The van der Waals surface area contributed by atoms with Gasteiger partial charge in [-0.1, -0.05) is 78.9 Å². The summed E-state index contributed by atoms with van der Waals surface area (Å²) in [6.45, 7) is -0.177. The molecule has 0 amide bonds. The number of rotatable bonds is 2. The van der Waals surface area contributed by atoms with Crippen LogP contribution in [-0.4, -0.2) is 6.71 Å². The molecule has 6 heteroatoms. The Morgan fingerprint density at radius 1 is 0.542 bits per heavy atom. The Kier molecular flexibility index (Phi) is 4.65. The highest BCUT2D eigenvalue weighted by Crippen LogP contribution is 2.50. The van der Waals surface area contributed by atoms with Gasteiger partial charge in [-0.05, 0) is 70.7 Å². The van der Waals surface area contributed by atoms with E-state index < -0.39 is 0 Å². The van der Waals surface area contributed by atoms with Crippen molar-refractivity contribution in [2.24, 2.45) is 0 Å². The summed E-state index contributed by atoms with van der Waals surface area (Å²) in [5.41, 5.74) is 13.5. The van der Waals surface area contributed by atoms with Gasteiger partial charge in [0.15, 0.2) is 0 Å². The smallest absolute Gasteiger partial charge is 0.338 e. The molecule has 2 aliphatic rings. The van der Waals surface area contributed by atoms with Crippen molar-refractivity contribution in [3.63, 3.8) is 0 Å². The number of para-hydroxylation sites is 3. The van der Waals surface area contributed by atoms with Crippen LogP contribution < -0.4 is 21.7 Å². The molecule has 6 aromatic carbocycles. The first-order chi connectivity index (χ1) is 23.8. The van der Waals surface area contributed by atoms with Crippen molar-refractivity contribution in [3.05, 3.63) is 134 Å². The summed E-state index contributed by atoms with van der Waals surface area (Å²) in [6.07, 6.45) is 1.89. The average molecular weight is 632 g/mol. The number of hydrogen-bond donors (Lipinski definition) is 0. The number of benzene rings is 6. The Morgan fingerprint density at radius 3 is 2.10 bits per heavy atom.